The molecule has 1 atom stereocenters. The molecule has 0 bridgehead atoms. The van der Waals surface area contributed by atoms with Gasteiger partial charge in [-0.3, -0.25) is 9.59 Å². The Morgan fingerprint density at radius 1 is 1.00 bits per heavy atom. The van der Waals surface area contributed by atoms with Gasteiger partial charge < -0.3 is 14.5 Å². The van der Waals surface area contributed by atoms with E-state index in [2.05, 4.69) is 5.32 Å². The van der Waals surface area contributed by atoms with Crippen LogP contribution in [0.3, 0.4) is 0 Å². The van der Waals surface area contributed by atoms with E-state index in [0.717, 1.165) is 11.1 Å². The van der Waals surface area contributed by atoms with Crippen molar-refractivity contribution in [1.82, 2.24) is 0 Å². The number of rotatable bonds is 5. The van der Waals surface area contributed by atoms with Crippen LogP contribution in [0.1, 0.15) is 18.1 Å². The number of aryl methyl sites for hydroxylation is 2. The summed E-state index contributed by atoms with van der Waals surface area (Å²) in [4.78, 5) is 26.2. The topological polar surface area (TPSA) is 68.5 Å². The molecular formula is C26H21Cl2NO4. The van der Waals surface area contributed by atoms with Gasteiger partial charge in [-0.05, 0) is 74.4 Å². The fourth-order valence-electron chi connectivity index (χ4n) is 3.37. The average Bonchev–Trinajstić information content (AvgIpc) is 2.79. The average molecular weight is 482 g/mol. The summed E-state index contributed by atoms with van der Waals surface area (Å²) in [6, 6.07) is 17.5. The van der Waals surface area contributed by atoms with E-state index in [1.54, 1.807) is 49.4 Å². The highest BCUT2D eigenvalue weighted by Gasteiger charge is 2.24. The van der Waals surface area contributed by atoms with Crippen molar-refractivity contribution in [3.8, 4) is 17.1 Å². The Morgan fingerprint density at radius 3 is 2.39 bits per heavy atom. The molecule has 0 aliphatic heterocycles. The Bertz CT molecular complexity index is 1410. The second kappa shape index (κ2) is 9.30. The van der Waals surface area contributed by atoms with Crippen molar-refractivity contribution in [2.24, 2.45) is 0 Å². The fraction of sp³-hybridized carbons (Fsp3) is 0.154. The zero-order valence-corrected chi connectivity index (χ0v) is 19.8. The number of ether oxygens (including phenoxy) is 1. The lowest BCUT2D eigenvalue weighted by atomic mass is 10.1. The number of carbonyl (C=O) groups excluding carboxylic acids is 1. The van der Waals surface area contributed by atoms with E-state index >= 15 is 0 Å². The van der Waals surface area contributed by atoms with E-state index in [0.29, 0.717) is 26.9 Å². The van der Waals surface area contributed by atoms with Crippen LogP contribution in [0.15, 0.2) is 69.9 Å². The number of amides is 1. The molecular weight excluding hydrogens is 461 g/mol. The van der Waals surface area contributed by atoms with Crippen LogP contribution in [0, 0.1) is 13.8 Å². The summed E-state index contributed by atoms with van der Waals surface area (Å²) in [6.45, 7) is 5.29. The van der Waals surface area contributed by atoms with Gasteiger partial charge in [0.1, 0.15) is 5.58 Å². The summed E-state index contributed by atoms with van der Waals surface area (Å²) in [6.07, 6.45) is -0.975. The number of fused-ring (bicyclic) bond motifs is 1. The summed E-state index contributed by atoms with van der Waals surface area (Å²) in [5, 5.41) is 4.08. The molecule has 1 amide bonds. The summed E-state index contributed by atoms with van der Waals surface area (Å²) in [5.74, 6) is -0.258. The molecule has 3 aromatic carbocycles. The first-order valence-corrected chi connectivity index (χ1v) is 11.1. The monoisotopic (exact) mass is 481 g/mol. The molecule has 7 heteroatoms. The SMILES string of the molecule is Cc1cc2oc(-c3ccc(Cl)cc3)c(OC(C)C(=O)Nc3ccccc3C)c(=O)c2cc1Cl. The molecule has 0 saturated carbocycles. The predicted octanol–water partition coefficient (Wildman–Crippen LogP) is 6.79. The van der Waals surface area contributed by atoms with Crippen LogP contribution in [0.5, 0.6) is 5.75 Å². The molecule has 0 spiro atoms. The fourth-order valence-corrected chi connectivity index (χ4v) is 3.66. The van der Waals surface area contributed by atoms with Crippen LogP contribution >= 0.6 is 23.2 Å². The van der Waals surface area contributed by atoms with E-state index < -0.39 is 17.4 Å². The molecule has 1 unspecified atom stereocenters. The largest absolute Gasteiger partial charge is 0.473 e. The number of nitrogens with one attached hydrogen (secondary N) is 1. The Hall–Kier alpha value is -3.28. The van der Waals surface area contributed by atoms with Crippen molar-refractivity contribution >= 4 is 45.8 Å². The van der Waals surface area contributed by atoms with Crippen LogP contribution in [-0.4, -0.2) is 12.0 Å². The van der Waals surface area contributed by atoms with Crippen LogP contribution in [0.2, 0.25) is 10.0 Å². The van der Waals surface area contributed by atoms with Crippen LogP contribution in [-0.2, 0) is 4.79 Å². The van der Waals surface area contributed by atoms with E-state index in [9.17, 15) is 9.59 Å². The second-order valence-corrected chi connectivity index (χ2v) is 8.60. The molecule has 168 valence electrons. The number of hydrogen-bond acceptors (Lipinski definition) is 4. The van der Waals surface area contributed by atoms with Gasteiger partial charge in [0.15, 0.2) is 11.9 Å². The van der Waals surface area contributed by atoms with E-state index in [-0.39, 0.29) is 16.9 Å². The number of halogens is 2. The smallest absolute Gasteiger partial charge is 0.265 e. The van der Waals surface area contributed by atoms with Crippen molar-refractivity contribution in [2.75, 3.05) is 5.32 Å². The van der Waals surface area contributed by atoms with Gasteiger partial charge in [0, 0.05) is 21.3 Å². The Kier molecular flexibility index (Phi) is 6.45. The zero-order chi connectivity index (χ0) is 23.7. The molecule has 5 nitrogen and oxygen atoms in total. The molecule has 0 radical (unpaired) electrons. The quantitative estimate of drug-likeness (QED) is 0.340. The third kappa shape index (κ3) is 4.75. The molecule has 0 aliphatic rings. The van der Waals surface area contributed by atoms with Gasteiger partial charge in [0.05, 0.1) is 5.39 Å². The maximum absolute atomic E-state index is 13.4. The normalized spacial score (nSPS) is 11.9. The molecule has 1 heterocycles. The van der Waals surface area contributed by atoms with Gasteiger partial charge in [0.2, 0.25) is 11.2 Å². The number of benzene rings is 3. The number of para-hydroxylation sites is 1. The first-order valence-electron chi connectivity index (χ1n) is 10.3. The lowest BCUT2D eigenvalue weighted by molar-refractivity contribution is -0.122. The maximum atomic E-state index is 13.4. The Balaban J connectivity index is 1.78. The van der Waals surface area contributed by atoms with Crippen molar-refractivity contribution in [3.05, 3.63) is 92.1 Å². The van der Waals surface area contributed by atoms with Gasteiger partial charge in [0.25, 0.3) is 5.91 Å². The molecule has 0 saturated heterocycles. The summed E-state index contributed by atoms with van der Waals surface area (Å²) < 4.78 is 12.0. The van der Waals surface area contributed by atoms with Gasteiger partial charge in [-0.1, -0.05) is 41.4 Å². The van der Waals surface area contributed by atoms with Crippen molar-refractivity contribution in [1.29, 1.82) is 0 Å². The van der Waals surface area contributed by atoms with Crippen LogP contribution < -0.4 is 15.5 Å². The Labute approximate surface area is 200 Å². The lowest BCUT2D eigenvalue weighted by Gasteiger charge is -2.18. The van der Waals surface area contributed by atoms with Crippen molar-refractivity contribution in [2.45, 2.75) is 26.9 Å². The molecule has 4 rings (SSSR count). The molecule has 4 aromatic rings. The molecule has 33 heavy (non-hydrogen) atoms. The van der Waals surface area contributed by atoms with Crippen molar-refractivity contribution in [3.63, 3.8) is 0 Å². The summed E-state index contributed by atoms with van der Waals surface area (Å²) in [7, 11) is 0. The second-order valence-electron chi connectivity index (χ2n) is 7.76. The number of carbonyl (C=O) groups is 1. The standard InChI is InChI=1S/C26H21Cl2NO4/c1-14-6-4-5-7-21(14)29-26(31)16(3)32-25-23(30)19-13-20(28)15(2)12-22(19)33-24(25)17-8-10-18(27)11-9-17/h4-13,16H,1-3H3,(H,29,31). The highest BCUT2D eigenvalue weighted by molar-refractivity contribution is 6.32. The lowest BCUT2D eigenvalue weighted by Crippen LogP contribution is -2.32. The van der Waals surface area contributed by atoms with Crippen LogP contribution in [0.25, 0.3) is 22.3 Å². The number of hydrogen-bond donors (Lipinski definition) is 1. The third-order valence-electron chi connectivity index (χ3n) is 5.30. The highest BCUT2D eigenvalue weighted by atomic mass is 35.5. The molecule has 0 aliphatic carbocycles. The molecule has 1 N–H and O–H groups in total. The summed E-state index contributed by atoms with van der Waals surface area (Å²) >= 11 is 12.3. The number of anilines is 1. The van der Waals surface area contributed by atoms with Crippen LogP contribution in [0.4, 0.5) is 5.69 Å². The predicted molar refractivity (Wildman–Crippen MR) is 133 cm³/mol. The van der Waals surface area contributed by atoms with Gasteiger partial charge >= 0.3 is 0 Å². The maximum Gasteiger partial charge on any atom is 0.265 e. The minimum atomic E-state index is -0.975. The van der Waals surface area contributed by atoms with E-state index in [4.69, 9.17) is 32.4 Å². The summed E-state index contributed by atoms with van der Waals surface area (Å²) in [5.41, 5.74) is 2.90. The van der Waals surface area contributed by atoms with E-state index in [1.165, 1.54) is 0 Å². The first kappa shape index (κ1) is 22.9. The van der Waals surface area contributed by atoms with Crippen molar-refractivity contribution < 1.29 is 13.9 Å². The third-order valence-corrected chi connectivity index (χ3v) is 5.96. The minimum absolute atomic E-state index is 0.0721. The first-order chi connectivity index (χ1) is 15.7. The van der Waals surface area contributed by atoms with Gasteiger partial charge in [-0.15, -0.1) is 0 Å². The molecule has 1 aromatic heterocycles. The van der Waals surface area contributed by atoms with Gasteiger partial charge in [-0.2, -0.15) is 0 Å². The minimum Gasteiger partial charge on any atom is -0.473 e. The van der Waals surface area contributed by atoms with Gasteiger partial charge in [-0.25, -0.2) is 0 Å². The Morgan fingerprint density at radius 2 is 1.70 bits per heavy atom. The molecule has 0 fully saturated rings. The zero-order valence-electron chi connectivity index (χ0n) is 18.2. The van der Waals surface area contributed by atoms with E-state index in [1.807, 2.05) is 32.0 Å². The highest BCUT2D eigenvalue weighted by Crippen LogP contribution is 2.34.